The summed E-state index contributed by atoms with van der Waals surface area (Å²) in [6.45, 7) is 1.09. The molecule has 3 rings (SSSR count). The van der Waals surface area contributed by atoms with Crippen LogP contribution in [0.15, 0.2) is 82.6 Å². The fourth-order valence-electron chi connectivity index (χ4n) is 3.18. The van der Waals surface area contributed by atoms with Crippen molar-refractivity contribution in [2.24, 2.45) is 0 Å². The number of sulfonamides is 1. The summed E-state index contributed by atoms with van der Waals surface area (Å²) in [7, 11) is -7.54. The molecule has 1 atom stereocenters. The molecule has 34 heavy (non-hydrogen) atoms. The molecule has 0 bridgehead atoms. The Hall–Kier alpha value is -2.95. The van der Waals surface area contributed by atoms with Crippen LogP contribution in [0.3, 0.4) is 0 Å². The first-order valence-electron chi connectivity index (χ1n) is 10.0. The van der Waals surface area contributed by atoms with E-state index in [4.69, 9.17) is 11.6 Å². The van der Waals surface area contributed by atoms with Gasteiger partial charge in [-0.15, -0.1) is 0 Å². The standard InChI is InChI=1S/C23H22ClFN2O5S2/c1-16(17-8-11-19(12-9-17)33(2,29)30)26-23(28)15-27(18-10-13-22(25)21(24)14-18)34(31,32)20-6-4-3-5-7-20/h3-14,16H,15H2,1-2H3,(H,26,28)/t16-/m0/s1. The largest absolute Gasteiger partial charge is 0.348 e. The van der Waals surface area contributed by atoms with Gasteiger partial charge in [0.15, 0.2) is 9.84 Å². The van der Waals surface area contributed by atoms with E-state index < -0.39 is 44.2 Å². The average Bonchev–Trinajstić information content (AvgIpc) is 2.79. The second kappa shape index (κ2) is 10.1. The Morgan fingerprint density at radius 3 is 2.15 bits per heavy atom. The van der Waals surface area contributed by atoms with Crippen LogP contribution in [0.1, 0.15) is 18.5 Å². The van der Waals surface area contributed by atoms with Crippen molar-refractivity contribution in [1.82, 2.24) is 5.32 Å². The number of sulfone groups is 1. The molecule has 3 aromatic carbocycles. The number of carbonyl (C=O) groups is 1. The molecule has 1 N–H and O–H groups in total. The molecular weight excluding hydrogens is 503 g/mol. The number of hydrogen-bond acceptors (Lipinski definition) is 5. The number of anilines is 1. The molecule has 3 aromatic rings. The average molecular weight is 525 g/mol. The van der Waals surface area contributed by atoms with Crippen LogP contribution in [-0.2, 0) is 24.7 Å². The number of hydrogen-bond donors (Lipinski definition) is 1. The van der Waals surface area contributed by atoms with Gasteiger partial charge in [0.25, 0.3) is 10.0 Å². The van der Waals surface area contributed by atoms with Crippen molar-refractivity contribution in [3.05, 3.63) is 89.2 Å². The minimum absolute atomic E-state index is 0.0237. The van der Waals surface area contributed by atoms with Crippen molar-refractivity contribution >= 4 is 43.1 Å². The van der Waals surface area contributed by atoms with Crippen LogP contribution in [-0.4, -0.2) is 35.5 Å². The summed E-state index contributed by atoms with van der Waals surface area (Å²) < 4.78 is 64.4. The molecule has 0 heterocycles. The van der Waals surface area contributed by atoms with Crippen LogP contribution in [0.5, 0.6) is 0 Å². The Balaban J connectivity index is 1.87. The maximum atomic E-state index is 13.7. The highest BCUT2D eigenvalue weighted by atomic mass is 35.5. The summed E-state index contributed by atoms with van der Waals surface area (Å²) in [6.07, 6.45) is 1.09. The third kappa shape index (κ3) is 5.94. The molecule has 180 valence electrons. The van der Waals surface area contributed by atoms with E-state index in [0.717, 1.165) is 22.7 Å². The number of benzene rings is 3. The highest BCUT2D eigenvalue weighted by Crippen LogP contribution is 2.28. The lowest BCUT2D eigenvalue weighted by molar-refractivity contribution is -0.120. The van der Waals surface area contributed by atoms with Gasteiger partial charge < -0.3 is 5.32 Å². The molecule has 7 nitrogen and oxygen atoms in total. The van der Waals surface area contributed by atoms with E-state index in [-0.39, 0.29) is 20.5 Å². The first-order chi connectivity index (χ1) is 15.9. The molecule has 11 heteroatoms. The fraction of sp³-hybridized carbons (Fsp3) is 0.174. The molecule has 1 amide bonds. The number of carbonyl (C=O) groups excluding carboxylic acids is 1. The number of amides is 1. The zero-order chi connectivity index (χ0) is 25.1. The minimum Gasteiger partial charge on any atom is -0.348 e. The summed E-state index contributed by atoms with van der Waals surface area (Å²) in [6, 6.07) is 16.4. The minimum atomic E-state index is -4.18. The van der Waals surface area contributed by atoms with Gasteiger partial charge in [0.05, 0.1) is 26.5 Å². The van der Waals surface area contributed by atoms with E-state index in [1.807, 2.05) is 0 Å². The lowest BCUT2D eigenvalue weighted by Crippen LogP contribution is -2.41. The van der Waals surface area contributed by atoms with Crippen molar-refractivity contribution < 1.29 is 26.0 Å². The third-order valence-electron chi connectivity index (χ3n) is 5.00. The predicted molar refractivity (Wildman–Crippen MR) is 128 cm³/mol. The molecule has 0 spiro atoms. The van der Waals surface area contributed by atoms with Crippen LogP contribution in [0.25, 0.3) is 0 Å². The van der Waals surface area contributed by atoms with Crippen molar-refractivity contribution in [1.29, 1.82) is 0 Å². The Kier molecular flexibility index (Phi) is 7.64. The third-order valence-corrected chi connectivity index (χ3v) is 8.20. The summed E-state index contributed by atoms with van der Waals surface area (Å²) in [5.74, 6) is -1.35. The van der Waals surface area contributed by atoms with Gasteiger partial charge in [-0.25, -0.2) is 21.2 Å². The van der Waals surface area contributed by atoms with Crippen molar-refractivity contribution in [2.45, 2.75) is 22.8 Å². The maximum Gasteiger partial charge on any atom is 0.264 e. The van der Waals surface area contributed by atoms with E-state index in [1.54, 1.807) is 37.3 Å². The second-order valence-electron chi connectivity index (χ2n) is 7.55. The SMILES string of the molecule is C[C@H](NC(=O)CN(c1ccc(F)c(Cl)c1)S(=O)(=O)c1ccccc1)c1ccc(S(C)(=O)=O)cc1. The van der Waals surface area contributed by atoms with Crippen molar-refractivity contribution in [3.63, 3.8) is 0 Å². The van der Waals surface area contributed by atoms with Gasteiger partial charge in [0.2, 0.25) is 5.91 Å². The van der Waals surface area contributed by atoms with Crippen LogP contribution in [0.4, 0.5) is 10.1 Å². The number of rotatable bonds is 8. The Morgan fingerprint density at radius 2 is 1.59 bits per heavy atom. The van der Waals surface area contributed by atoms with Gasteiger partial charge in [-0.2, -0.15) is 0 Å². The van der Waals surface area contributed by atoms with E-state index in [1.165, 1.54) is 30.3 Å². The normalized spacial score (nSPS) is 12.7. The Bertz CT molecular complexity index is 1400. The second-order valence-corrected chi connectivity index (χ2v) is 11.8. The first kappa shape index (κ1) is 25.7. The topological polar surface area (TPSA) is 101 Å². The summed E-state index contributed by atoms with van der Waals surface area (Å²) in [5, 5.41) is 2.42. The monoisotopic (exact) mass is 524 g/mol. The van der Waals surface area contributed by atoms with Crippen LogP contribution < -0.4 is 9.62 Å². The van der Waals surface area contributed by atoms with Gasteiger partial charge in [-0.1, -0.05) is 41.9 Å². The predicted octanol–water partition coefficient (Wildman–Crippen LogP) is 3.96. The van der Waals surface area contributed by atoms with Crippen LogP contribution in [0, 0.1) is 5.82 Å². The lowest BCUT2D eigenvalue weighted by Gasteiger charge is -2.25. The molecule has 0 aliphatic heterocycles. The fourth-order valence-corrected chi connectivity index (χ4v) is 5.42. The number of nitrogens with zero attached hydrogens (tertiary/aromatic N) is 1. The first-order valence-corrected chi connectivity index (χ1v) is 13.7. The molecule has 0 unspecified atom stereocenters. The number of nitrogens with one attached hydrogen (secondary N) is 1. The maximum absolute atomic E-state index is 13.7. The smallest absolute Gasteiger partial charge is 0.264 e. The molecule has 0 saturated heterocycles. The highest BCUT2D eigenvalue weighted by molar-refractivity contribution is 7.93. The summed E-state index contributed by atoms with van der Waals surface area (Å²) >= 11 is 5.86. The lowest BCUT2D eigenvalue weighted by atomic mass is 10.1. The molecule has 0 aliphatic rings. The van der Waals surface area contributed by atoms with Gasteiger partial charge in [0.1, 0.15) is 12.4 Å². The molecule has 0 aromatic heterocycles. The summed E-state index contributed by atoms with van der Waals surface area (Å²) in [5.41, 5.74) is 0.651. The van der Waals surface area contributed by atoms with E-state index >= 15 is 0 Å². The Morgan fingerprint density at radius 1 is 0.971 bits per heavy atom. The molecule has 0 radical (unpaired) electrons. The van der Waals surface area contributed by atoms with Gasteiger partial charge in [0, 0.05) is 6.26 Å². The van der Waals surface area contributed by atoms with Gasteiger partial charge in [-0.05, 0) is 55.0 Å². The summed E-state index contributed by atoms with van der Waals surface area (Å²) in [4.78, 5) is 12.9. The molecule has 0 aliphatic carbocycles. The highest BCUT2D eigenvalue weighted by Gasteiger charge is 2.28. The van der Waals surface area contributed by atoms with Gasteiger partial charge >= 0.3 is 0 Å². The zero-order valence-electron chi connectivity index (χ0n) is 18.3. The van der Waals surface area contributed by atoms with Crippen LogP contribution in [0.2, 0.25) is 5.02 Å². The zero-order valence-corrected chi connectivity index (χ0v) is 20.7. The quantitative estimate of drug-likeness (QED) is 0.481. The molecular formula is C23H22ClFN2O5S2. The van der Waals surface area contributed by atoms with E-state index in [0.29, 0.717) is 5.56 Å². The Labute approximate surface area is 203 Å². The van der Waals surface area contributed by atoms with E-state index in [2.05, 4.69) is 5.32 Å². The van der Waals surface area contributed by atoms with E-state index in [9.17, 15) is 26.0 Å². The number of halogens is 2. The van der Waals surface area contributed by atoms with Crippen molar-refractivity contribution in [2.75, 3.05) is 17.1 Å². The van der Waals surface area contributed by atoms with Crippen molar-refractivity contribution in [3.8, 4) is 0 Å². The van der Waals surface area contributed by atoms with Crippen LogP contribution >= 0.6 is 11.6 Å². The molecule has 0 saturated carbocycles. The molecule has 0 fully saturated rings. The van der Waals surface area contributed by atoms with Gasteiger partial charge in [-0.3, -0.25) is 9.10 Å².